The summed E-state index contributed by atoms with van der Waals surface area (Å²) in [4.78, 5) is 0.814. The van der Waals surface area contributed by atoms with Crippen molar-refractivity contribution in [3.8, 4) is 0 Å². The summed E-state index contributed by atoms with van der Waals surface area (Å²) < 4.78 is 14.2. The first kappa shape index (κ1) is 10.4. The molecule has 17 heavy (non-hydrogen) atoms. The molecule has 2 nitrogen and oxygen atoms in total. The lowest BCUT2D eigenvalue weighted by molar-refractivity contribution is 0.588. The van der Waals surface area contributed by atoms with Crippen molar-refractivity contribution in [2.75, 3.05) is 0 Å². The highest BCUT2D eigenvalue weighted by Gasteiger charge is 2.15. The highest BCUT2D eigenvalue weighted by molar-refractivity contribution is 7.90. The molecule has 3 heteroatoms. The molecular weight excluding hydrogens is 230 g/mol. The summed E-state index contributed by atoms with van der Waals surface area (Å²) in [5.74, 6) is 0. The molecule has 3 aromatic rings. The normalized spacial score (nSPS) is 12.8. The maximum atomic E-state index is 12.4. The molecule has 0 aliphatic carbocycles. The highest BCUT2D eigenvalue weighted by Crippen LogP contribution is 2.21. The standard InChI is InChI=1S/C14H11NOS/c16-17(13-7-2-1-3-8-13)15-11-10-12-6-4-5-9-14(12)15/h1-11H. The fourth-order valence-corrected chi connectivity index (χ4v) is 2.99. The van der Waals surface area contributed by atoms with Crippen LogP contribution in [0.15, 0.2) is 71.8 Å². The maximum absolute atomic E-state index is 12.4. The van der Waals surface area contributed by atoms with Gasteiger partial charge in [-0.15, -0.1) is 0 Å². The van der Waals surface area contributed by atoms with Gasteiger partial charge in [0.2, 0.25) is 0 Å². The van der Waals surface area contributed by atoms with Crippen LogP contribution in [0.3, 0.4) is 0 Å². The summed E-state index contributed by atoms with van der Waals surface area (Å²) in [6, 6.07) is 19.4. The van der Waals surface area contributed by atoms with E-state index in [1.165, 1.54) is 0 Å². The number of rotatable bonds is 2. The summed E-state index contributed by atoms with van der Waals surface area (Å²) >= 11 is -1.17. The Labute approximate surface area is 103 Å². The summed E-state index contributed by atoms with van der Waals surface area (Å²) in [5.41, 5.74) is 0.995. The second-order valence-electron chi connectivity index (χ2n) is 3.76. The van der Waals surface area contributed by atoms with Gasteiger partial charge < -0.3 is 4.55 Å². The van der Waals surface area contributed by atoms with Crippen LogP contribution < -0.4 is 0 Å². The van der Waals surface area contributed by atoms with Gasteiger partial charge in [-0.1, -0.05) is 36.4 Å². The van der Waals surface area contributed by atoms with Gasteiger partial charge in [0.1, 0.15) is 11.4 Å². The van der Waals surface area contributed by atoms with E-state index in [1.807, 2.05) is 66.9 Å². The van der Waals surface area contributed by atoms with Crippen LogP contribution in [0.4, 0.5) is 0 Å². The molecule has 0 spiro atoms. The maximum Gasteiger partial charge on any atom is 0.180 e. The van der Waals surface area contributed by atoms with Gasteiger partial charge in [-0.3, -0.25) is 0 Å². The van der Waals surface area contributed by atoms with Gasteiger partial charge in [-0.25, -0.2) is 0 Å². The number of fused-ring (bicyclic) bond motifs is 1. The van der Waals surface area contributed by atoms with Crippen LogP contribution in [0.5, 0.6) is 0 Å². The Balaban J connectivity index is 2.10. The Morgan fingerprint density at radius 2 is 1.53 bits per heavy atom. The van der Waals surface area contributed by atoms with Gasteiger partial charge >= 0.3 is 0 Å². The third-order valence-electron chi connectivity index (χ3n) is 2.69. The summed E-state index contributed by atoms with van der Waals surface area (Å²) in [7, 11) is 0. The molecule has 1 heterocycles. The van der Waals surface area contributed by atoms with Gasteiger partial charge in [-0.2, -0.15) is 3.97 Å². The third kappa shape index (κ3) is 1.84. The SMILES string of the molecule is [O-][S+](c1ccccc1)n1ccc2ccccc21. The first-order valence-corrected chi connectivity index (χ1v) is 6.50. The zero-order valence-electron chi connectivity index (χ0n) is 9.11. The van der Waals surface area contributed by atoms with E-state index in [4.69, 9.17) is 0 Å². The van der Waals surface area contributed by atoms with Crippen LogP contribution in [-0.2, 0) is 11.4 Å². The van der Waals surface area contributed by atoms with Crippen LogP contribution in [0, 0.1) is 0 Å². The zero-order valence-corrected chi connectivity index (χ0v) is 9.93. The minimum Gasteiger partial charge on any atom is -0.587 e. The number of benzene rings is 2. The van der Waals surface area contributed by atoms with Crippen molar-refractivity contribution in [3.05, 3.63) is 66.9 Å². The predicted molar refractivity (Wildman–Crippen MR) is 70.2 cm³/mol. The van der Waals surface area contributed by atoms with Crippen molar-refractivity contribution in [1.29, 1.82) is 0 Å². The van der Waals surface area contributed by atoms with Crippen molar-refractivity contribution in [2.45, 2.75) is 4.90 Å². The molecule has 84 valence electrons. The monoisotopic (exact) mass is 241 g/mol. The molecule has 0 bridgehead atoms. The van der Waals surface area contributed by atoms with E-state index in [1.54, 1.807) is 3.97 Å². The van der Waals surface area contributed by atoms with E-state index in [0.29, 0.717) is 0 Å². The number of nitrogens with zero attached hydrogens (tertiary/aromatic N) is 1. The predicted octanol–water partition coefficient (Wildman–Crippen LogP) is 3.21. The van der Waals surface area contributed by atoms with Gasteiger partial charge in [-0.05, 0) is 24.3 Å². The van der Waals surface area contributed by atoms with Gasteiger partial charge in [0.25, 0.3) is 0 Å². The average molecular weight is 241 g/mol. The molecule has 0 saturated heterocycles. The van der Waals surface area contributed by atoms with Crippen LogP contribution >= 0.6 is 0 Å². The number of aromatic nitrogens is 1. The molecule has 0 N–H and O–H groups in total. The molecule has 0 radical (unpaired) electrons. The third-order valence-corrected chi connectivity index (χ3v) is 4.04. The average Bonchev–Trinajstić information content (AvgIpc) is 2.83. The van der Waals surface area contributed by atoms with Crippen LogP contribution in [0.1, 0.15) is 0 Å². The lowest BCUT2D eigenvalue weighted by atomic mass is 10.3. The summed E-state index contributed by atoms with van der Waals surface area (Å²) in [5, 5.41) is 1.11. The van der Waals surface area contributed by atoms with Crippen molar-refractivity contribution in [1.82, 2.24) is 3.97 Å². The lowest BCUT2D eigenvalue weighted by Gasteiger charge is -2.10. The van der Waals surface area contributed by atoms with E-state index < -0.39 is 11.4 Å². The molecule has 0 aliphatic rings. The highest BCUT2D eigenvalue weighted by atomic mass is 32.2. The molecule has 0 fully saturated rings. The fraction of sp³-hybridized carbons (Fsp3) is 0. The Morgan fingerprint density at radius 3 is 2.35 bits per heavy atom. The minimum absolute atomic E-state index is 0.814. The Morgan fingerprint density at radius 1 is 0.824 bits per heavy atom. The van der Waals surface area contributed by atoms with Crippen LogP contribution in [-0.4, -0.2) is 8.53 Å². The fourth-order valence-electron chi connectivity index (χ4n) is 1.85. The number of para-hydroxylation sites is 1. The first-order valence-electron chi connectivity index (χ1n) is 5.40. The number of hydrogen-bond donors (Lipinski definition) is 0. The lowest BCUT2D eigenvalue weighted by Crippen LogP contribution is -2.11. The Hall–Kier alpha value is -1.71. The van der Waals surface area contributed by atoms with Crippen molar-refractivity contribution < 1.29 is 4.55 Å². The summed E-state index contributed by atoms with van der Waals surface area (Å²) in [6.07, 6.45) is 1.87. The molecule has 0 aliphatic heterocycles. The van der Waals surface area contributed by atoms with Crippen molar-refractivity contribution >= 4 is 22.3 Å². The van der Waals surface area contributed by atoms with Crippen molar-refractivity contribution in [3.63, 3.8) is 0 Å². The second-order valence-corrected chi connectivity index (χ2v) is 5.13. The topological polar surface area (TPSA) is 28.0 Å². The van der Waals surface area contributed by atoms with Crippen LogP contribution in [0.2, 0.25) is 0 Å². The molecule has 1 unspecified atom stereocenters. The van der Waals surface area contributed by atoms with Crippen LogP contribution in [0.25, 0.3) is 10.9 Å². The first-order chi connectivity index (χ1) is 8.36. The number of hydrogen-bond acceptors (Lipinski definition) is 1. The van der Waals surface area contributed by atoms with E-state index >= 15 is 0 Å². The van der Waals surface area contributed by atoms with E-state index in [-0.39, 0.29) is 0 Å². The van der Waals surface area contributed by atoms with E-state index in [2.05, 4.69) is 0 Å². The molecule has 0 saturated carbocycles. The van der Waals surface area contributed by atoms with Crippen molar-refractivity contribution in [2.24, 2.45) is 0 Å². The largest absolute Gasteiger partial charge is 0.587 e. The smallest absolute Gasteiger partial charge is 0.180 e. The van der Waals surface area contributed by atoms with Gasteiger partial charge in [0.15, 0.2) is 4.90 Å². The second kappa shape index (κ2) is 4.28. The molecule has 0 amide bonds. The Bertz CT molecular complexity index is 633. The Kier molecular flexibility index (Phi) is 2.63. The molecule has 1 atom stereocenters. The van der Waals surface area contributed by atoms with Gasteiger partial charge in [0, 0.05) is 5.39 Å². The molecular formula is C14H11NOS. The minimum atomic E-state index is -1.17. The molecule has 3 rings (SSSR count). The zero-order chi connectivity index (χ0) is 11.7. The van der Waals surface area contributed by atoms with E-state index in [9.17, 15) is 4.55 Å². The quantitative estimate of drug-likeness (QED) is 0.633. The van der Waals surface area contributed by atoms with Gasteiger partial charge in [0.05, 0.1) is 11.7 Å². The van der Waals surface area contributed by atoms with E-state index in [0.717, 1.165) is 15.8 Å². The molecule has 2 aromatic carbocycles. The summed E-state index contributed by atoms with van der Waals surface area (Å²) in [6.45, 7) is 0. The molecule has 1 aromatic heterocycles.